The van der Waals surface area contributed by atoms with Crippen molar-refractivity contribution in [1.29, 1.82) is 0 Å². The van der Waals surface area contributed by atoms with E-state index in [1.54, 1.807) is 0 Å². The largest absolute Gasteiger partial charge is 0.379 e. The van der Waals surface area contributed by atoms with E-state index in [4.69, 9.17) is 4.74 Å². The monoisotopic (exact) mass is 187 g/mol. The molecule has 0 aliphatic heterocycles. The van der Waals surface area contributed by atoms with Crippen molar-refractivity contribution in [3.8, 4) is 0 Å². The molecule has 2 nitrogen and oxygen atoms in total. The molecule has 0 saturated heterocycles. The molecule has 13 heavy (non-hydrogen) atoms. The topological polar surface area (TPSA) is 21.3 Å². The van der Waals surface area contributed by atoms with Crippen LogP contribution in [0.5, 0.6) is 0 Å². The van der Waals surface area contributed by atoms with Gasteiger partial charge in [0.2, 0.25) is 0 Å². The van der Waals surface area contributed by atoms with Gasteiger partial charge in [0, 0.05) is 12.6 Å². The maximum absolute atomic E-state index is 5.44. The minimum Gasteiger partial charge on any atom is -0.379 e. The van der Waals surface area contributed by atoms with Gasteiger partial charge in [-0.25, -0.2) is 0 Å². The van der Waals surface area contributed by atoms with Gasteiger partial charge in [-0.2, -0.15) is 0 Å². The second-order valence-corrected chi connectivity index (χ2v) is 3.92. The Morgan fingerprint density at radius 3 is 2.46 bits per heavy atom. The average Bonchev–Trinajstić information content (AvgIpc) is 2.03. The zero-order valence-electron chi connectivity index (χ0n) is 9.60. The molecule has 0 amide bonds. The van der Waals surface area contributed by atoms with Crippen molar-refractivity contribution in [3.63, 3.8) is 0 Å². The summed E-state index contributed by atoms with van der Waals surface area (Å²) in [5.41, 5.74) is 0. The number of rotatable bonds is 8. The molecule has 0 bridgehead atoms. The predicted molar refractivity (Wildman–Crippen MR) is 58.1 cm³/mol. The Kier molecular flexibility index (Phi) is 8.46. The van der Waals surface area contributed by atoms with Crippen molar-refractivity contribution < 1.29 is 4.74 Å². The van der Waals surface area contributed by atoms with Crippen molar-refractivity contribution in [2.24, 2.45) is 0 Å². The molecule has 0 aromatic carbocycles. The Balaban J connectivity index is 3.06. The second-order valence-electron chi connectivity index (χ2n) is 3.92. The molecule has 0 heterocycles. The molecule has 0 aliphatic carbocycles. The highest BCUT2D eigenvalue weighted by atomic mass is 16.5. The zero-order valence-corrected chi connectivity index (χ0v) is 9.60. The lowest BCUT2D eigenvalue weighted by Crippen LogP contribution is -2.27. The first-order chi connectivity index (χ1) is 6.16. The maximum atomic E-state index is 5.44. The molecular formula is C11H25NO. The highest BCUT2D eigenvalue weighted by molar-refractivity contribution is 4.58. The molecule has 0 saturated carbocycles. The van der Waals surface area contributed by atoms with Crippen LogP contribution in [0.2, 0.25) is 0 Å². The molecule has 0 aromatic heterocycles. The minimum absolute atomic E-state index is 0.369. The van der Waals surface area contributed by atoms with E-state index in [1.165, 1.54) is 12.8 Å². The van der Waals surface area contributed by atoms with Gasteiger partial charge < -0.3 is 10.1 Å². The van der Waals surface area contributed by atoms with Crippen LogP contribution in [-0.2, 0) is 4.74 Å². The van der Waals surface area contributed by atoms with Gasteiger partial charge in [-0.05, 0) is 40.2 Å². The van der Waals surface area contributed by atoms with Crippen LogP contribution in [0.4, 0.5) is 0 Å². The summed E-state index contributed by atoms with van der Waals surface area (Å²) >= 11 is 0. The lowest BCUT2D eigenvalue weighted by atomic mass is 10.2. The lowest BCUT2D eigenvalue weighted by molar-refractivity contribution is 0.0767. The van der Waals surface area contributed by atoms with Gasteiger partial charge in [-0.3, -0.25) is 0 Å². The van der Waals surface area contributed by atoms with Crippen molar-refractivity contribution in [2.75, 3.05) is 13.2 Å². The van der Waals surface area contributed by atoms with Gasteiger partial charge in [-0.15, -0.1) is 0 Å². The molecule has 0 spiro atoms. The molecule has 0 aromatic rings. The van der Waals surface area contributed by atoms with Gasteiger partial charge in [0.1, 0.15) is 0 Å². The van der Waals surface area contributed by atoms with E-state index in [-0.39, 0.29) is 0 Å². The molecule has 0 aliphatic rings. The van der Waals surface area contributed by atoms with Crippen molar-refractivity contribution in [3.05, 3.63) is 0 Å². The molecule has 1 atom stereocenters. The van der Waals surface area contributed by atoms with Crippen LogP contribution in [0, 0.1) is 0 Å². The highest BCUT2D eigenvalue weighted by Gasteiger charge is 1.98. The first kappa shape index (κ1) is 12.9. The van der Waals surface area contributed by atoms with Crippen LogP contribution in [0.15, 0.2) is 0 Å². The van der Waals surface area contributed by atoms with E-state index in [0.29, 0.717) is 12.1 Å². The molecule has 0 radical (unpaired) electrons. The fourth-order valence-electron chi connectivity index (χ4n) is 1.27. The van der Waals surface area contributed by atoms with Crippen LogP contribution in [0.25, 0.3) is 0 Å². The Morgan fingerprint density at radius 1 is 1.23 bits per heavy atom. The summed E-state index contributed by atoms with van der Waals surface area (Å²) in [6, 6.07) is 0.657. The standard InChI is InChI=1S/C11H25NO/c1-5-7-11(4)12-8-6-9-13-10(2)3/h10-12H,5-9H2,1-4H3. The van der Waals surface area contributed by atoms with E-state index in [9.17, 15) is 0 Å². The summed E-state index contributed by atoms with van der Waals surface area (Å²) in [5.74, 6) is 0. The Labute approximate surface area is 83.1 Å². The second kappa shape index (κ2) is 8.52. The summed E-state index contributed by atoms with van der Waals surface area (Å²) in [6.07, 6.45) is 4.02. The summed E-state index contributed by atoms with van der Waals surface area (Å²) < 4.78 is 5.44. The lowest BCUT2D eigenvalue weighted by Gasteiger charge is -2.13. The normalized spacial score (nSPS) is 13.6. The fourth-order valence-corrected chi connectivity index (χ4v) is 1.27. The van der Waals surface area contributed by atoms with Crippen LogP contribution in [0.3, 0.4) is 0 Å². The third-order valence-corrected chi connectivity index (χ3v) is 1.99. The van der Waals surface area contributed by atoms with E-state index >= 15 is 0 Å². The number of ether oxygens (including phenoxy) is 1. The van der Waals surface area contributed by atoms with Crippen molar-refractivity contribution >= 4 is 0 Å². The minimum atomic E-state index is 0.369. The van der Waals surface area contributed by atoms with Crippen LogP contribution >= 0.6 is 0 Å². The Hall–Kier alpha value is -0.0800. The quantitative estimate of drug-likeness (QED) is 0.590. The molecular weight excluding hydrogens is 162 g/mol. The summed E-state index contributed by atoms with van der Waals surface area (Å²) in [7, 11) is 0. The molecule has 80 valence electrons. The molecule has 0 fully saturated rings. The van der Waals surface area contributed by atoms with Gasteiger partial charge in [-0.1, -0.05) is 13.3 Å². The van der Waals surface area contributed by atoms with Gasteiger partial charge in [0.25, 0.3) is 0 Å². The summed E-state index contributed by atoms with van der Waals surface area (Å²) in [6.45, 7) is 10.6. The summed E-state index contributed by atoms with van der Waals surface area (Å²) in [4.78, 5) is 0. The highest BCUT2D eigenvalue weighted by Crippen LogP contribution is 1.95. The van der Waals surface area contributed by atoms with E-state index < -0.39 is 0 Å². The molecule has 2 heteroatoms. The predicted octanol–water partition coefficient (Wildman–Crippen LogP) is 2.58. The van der Waals surface area contributed by atoms with Gasteiger partial charge in [0.05, 0.1) is 6.10 Å². The number of hydrogen-bond acceptors (Lipinski definition) is 2. The maximum Gasteiger partial charge on any atom is 0.0518 e. The first-order valence-corrected chi connectivity index (χ1v) is 5.51. The Morgan fingerprint density at radius 2 is 1.92 bits per heavy atom. The summed E-state index contributed by atoms with van der Waals surface area (Å²) in [5, 5.41) is 3.48. The SMILES string of the molecule is CCCC(C)NCCCOC(C)C. The fraction of sp³-hybridized carbons (Fsp3) is 1.00. The molecule has 1 unspecified atom stereocenters. The smallest absolute Gasteiger partial charge is 0.0518 e. The van der Waals surface area contributed by atoms with Crippen LogP contribution in [0.1, 0.15) is 47.0 Å². The average molecular weight is 187 g/mol. The van der Waals surface area contributed by atoms with Crippen molar-refractivity contribution in [1.82, 2.24) is 5.32 Å². The van der Waals surface area contributed by atoms with E-state index in [0.717, 1.165) is 19.6 Å². The van der Waals surface area contributed by atoms with Crippen molar-refractivity contribution in [2.45, 2.75) is 59.1 Å². The third-order valence-electron chi connectivity index (χ3n) is 1.99. The molecule has 0 rings (SSSR count). The van der Waals surface area contributed by atoms with E-state index in [2.05, 4.69) is 33.0 Å². The first-order valence-electron chi connectivity index (χ1n) is 5.51. The molecule has 1 N–H and O–H groups in total. The number of nitrogens with one attached hydrogen (secondary N) is 1. The van der Waals surface area contributed by atoms with Crippen LogP contribution in [-0.4, -0.2) is 25.3 Å². The van der Waals surface area contributed by atoms with Crippen LogP contribution < -0.4 is 5.32 Å². The van der Waals surface area contributed by atoms with E-state index in [1.807, 2.05) is 0 Å². The number of hydrogen-bond donors (Lipinski definition) is 1. The van der Waals surface area contributed by atoms with Gasteiger partial charge in [0.15, 0.2) is 0 Å². The zero-order chi connectivity index (χ0) is 10.1. The Bertz CT molecular complexity index is 104. The van der Waals surface area contributed by atoms with Gasteiger partial charge >= 0.3 is 0 Å². The third kappa shape index (κ3) is 9.84.